The number of benzene rings is 1. The third-order valence-electron chi connectivity index (χ3n) is 12.8. The summed E-state index contributed by atoms with van der Waals surface area (Å²) < 4.78 is 0. The fourth-order valence-corrected chi connectivity index (χ4v) is 10.00. The van der Waals surface area contributed by atoms with Crippen LogP contribution in [0.15, 0.2) is 18.2 Å². The van der Waals surface area contributed by atoms with Crippen molar-refractivity contribution < 1.29 is 34.2 Å². The zero-order valence-electron chi connectivity index (χ0n) is 31.1. The molecule has 3 unspecified atom stereocenters. The van der Waals surface area contributed by atoms with E-state index in [2.05, 4.69) is 19.9 Å². The lowest BCUT2D eigenvalue weighted by Crippen LogP contribution is -2.47. The number of Topliss-reactive ketones (excluding diaryl/α,β-unsaturated/α-hetero) is 2. The van der Waals surface area contributed by atoms with E-state index in [-0.39, 0.29) is 54.5 Å². The molecule has 2 fully saturated rings. The fraction of sp³-hybridized carbons (Fsp3) is 0.738. The molecule has 1 aromatic carbocycles. The van der Waals surface area contributed by atoms with Crippen LogP contribution in [0.4, 0.5) is 0 Å². The third kappa shape index (κ3) is 10.3. The number of rotatable bonds is 22. The molecule has 6 atom stereocenters. The highest BCUT2D eigenvalue weighted by molar-refractivity contribution is 5.97. The molecule has 50 heavy (non-hydrogen) atoms. The molecule has 0 bridgehead atoms. The predicted molar refractivity (Wildman–Crippen MR) is 195 cm³/mol. The van der Waals surface area contributed by atoms with Crippen molar-refractivity contribution in [2.24, 2.45) is 29.1 Å². The molecule has 0 aromatic heterocycles. The van der Waals surface area contributed by atoms with E-state index < -0.39 is 11.9 Å². The van der Waals surface area contributed by atoms with Gasteiger partial charge in [-0.3, -0.25) is 24.0 Å². The van der Waals surface area contributed by atoms with Gasteiger partial charge in [0.1, 0.15) is 5.78 Å². The van der Waals surface area contributed by atoms with Gasteiger partial charge >= 0.3 is 11.9 Å². The number of nitrogens with zero attached hydrogens (tertiary/aromatic N) is 1. The van der Waals surface area contributed by atoms with E-state index in [1.165, 1.54) is 43.2 Å². The lowest BCUT2D eigenvalue weighted by Gasteiger charge is -2.53. The van der Waals surface area contributed by atoms with E-state index in [1.807, 2.05) is 24.1 Å². The van der Waals surface area contributed by atoms with Crippen molar-refractivity contribution in [3.63, 3.8) is 0 Å². The highest BCUT2D eigenvalue weighted by Crippen LogP contribution is 2.64. The molecule has 0 radical (unpaired) electrons. The van der Waals surface area contributed by atoms with Gasteiger partial charge < -0.3 is 15.1 Å². The smallest absolute Gasteiger partial charge is 0.303 e. The Bertz CT molecular complexity index is 1340. The topological polar surface area (TPSA) is 129 Å². The van der Waals surface area contributed by atoms with Crippen molar-refractivity contribution in [2.45, 2.75) is 155 Å². The largest absolute Gasteiger partial charge is 0.481 e. The average Bonchev–Trinajstić information content (AvgIpc) is 3.45. The number of fused-ring (bicyclic) bond motifs is 5. The van der Waals surface area contributed by atoms with Crippen LogP contribution in [0, 0.1) is 29.1 Å². The van der Waals surface area contributed by atoms with Crippen molar-refractivity contribution >= 4 is 29.4 Å². The van der Waals surface area contributed by atoms with Crippen LogP contribution in [0.2, 0.25) is 0 Å². The van der Waals surface area contributed by atoms with Gasteiger partial charge in [0.25, 0.3) is 0 Å². The molecule has 0 spiro atoms. The maximum atomic E-state index is 13.3. The zero-order valence-corrected chi connectivity index (χ0v) is 31.1. The number of aliphatic carboxylic acids is 2. The van der Waals surface area contributed by atoms with Crippen LogP contribution in [0.3, 0.4) is 0 Å². The molecule has 3 aliphatic rings. The first-order chi connectivity index (χ1) is 24.0. The van der Waals surface area contributed by atoms with Gasteiger partial charge in [-0.25, -0.2) is 0 Å². The Morgan fingerprint density at radius 3 is 2.14 bits per heavy atom. The van der Waals surface area contributed by atoms with Gasteiger partial charge in [0.2, 0.25) is 5.91 Å². The summed E-state index contributed by atoms with van der Waals surface area (Å²) in [5.41, 5.74) is 3.08. The zero-order chi connectivity index (χ0) is 36.3. The third-order valence-corrected chi connectivity index (χ3v) is 12.8. The summed E-state index contributed by atoms with van der Waals surface area (Å²) >= 11 is 0. The molecule has 1 aromatic rings. The van der Waals surface area contributed by atoms with Crippen molar-refractivity contribution in [3.05, 3.63) is 34.9 Å². The average molecular weight is 694 g/mol. The molecule has 1 amide bonds. The van der Waals surface area contributed by atoms with Gasteiger partial charge in [-0.05, 0) is 97.6 Å². The van der Waals surface area contributed by atoms with E-state index in [1.54, 1.807) is 0 Å². The highest BCUT2D eigenvalue weighted by atomic mass is 16.4. The Morgan fingerprint density at radius 2 is 1.46 bits per heavy atom. The van der Waals surface area contributed by atoms with Crippen LogP contribution in [0.5, 0.6) is 0 Å². The lowest BCUT2D eigenvalue weighted by atomic mass is 9.50. The van der Waals surface area contributed by atoms with E-state index in [0.29, 0.717) is 35.7 Å². The van der Waals surface area contributed by atoms with E-state index in [4.69, 9.17) is 5.11 Å². The second-order valence-corrected chi connectivity index (χ2v) is 16.1. The van der Waals surface area contributed by atoms with Gasteiger partial charge in [0.15, 0.2) is 5.78 Å². The Balaban J connectivity index is 1.35. The van der Waals surface area contributed by atoms with Crippen LogP contribution < -0.4 is 0 Å². The summed E-state index contributed by atoms with van der Waals surface area (Å²) in [5, 5.41) is 18.3. The number of carbonyl (C=O) groups excluding carboxylic acids is 3. The molecule has 2 N–H and O–H groups in total. The number of ketones is 2. The van der Waals surface area contributed by atoms with Gasteiger partial charge in [-0.1, -0.05) is 77.3 Å². The van der Waals surface area contributed by atoms with Gasteiger partial charge in [0.05, 0.1) is 12.8 Å². The molecule has 2 saturated carbocycles. The Hall–Kier alpha value is -3.03. The molecule has 0 aliphatic heterocycles. The first-order valence-corrected chi connectivity index (χ1v) is 19.8. The number of carbonyl (C=O) groups is 5. The lowest BCUT2D eigenvalue weighted by molar-refractivity contribution is -0.140. The predicted octanol–water partition coefficient (Wildman–Crippen LogP) is 9.03. The minimum Gasteiger partial charge on any atom is -0.481 e. The summed E-state index contributed by atoms with van der Waals surface area (Å²) in [6.45, 7) is 5.31. The molecule has 3 aliphatic carbocycles. The second-order valence-electron chi connectivity index (χ2n) is 16.1. The standard InChI is InChI=1S/C42H63NO7/c1-4-5-26-43(3)38(46)15-13-11-9-7-6-8-10-12-14-30-28-31-27-29(36(44)20-22-39(47)48)16-17-32(31)33-24-25-42(2)34(18-19-35(42)41(30)33)37(45)21-23-40(49)50/h16-17,27,30,33-35,41H,4-15,18-26,28H2,1-3H3,(H,47,48)(H,49,50)/t30-,33?,34-,35?,41?,42-/m1/s1. The number of amides is 1. The van der Waals surface area contributed by atoms with E-state index >= 15 is 0 Å². The first-order valence-electron chi connectivity index (χ1n) is 19.8. The molecular weight excluding hydrogens is 630 g/mol. The van der Waals surface area contributed by atoms with Crippen molar-refractivity contribution in [1.82, 2.24) is 4.90 Å². The van der Waals surface area contributed by atoms with Crippen LogP contribution >= 0.6 is 0 Å². The maximum absolute atomic E-state index is 13.3. The molecule has 8 nitrogen and oxygen atoms in total. The van der Waals surface area contributed by atoms with Gasteiger partial charge in [-0.2, -0.15) is 0 Å². The molecule has 278 valence electrons. The van der Waals surface area contributed by atoms with Crippen molar-refractivity contribution in [1.29, 1.82) is 0 Å². The van der Waals surface area contributed by atoms with Crippen LogP contribution in [-0.2, 0) is 25.6 Å². The Morgan fingerprint density at radius 1 is 0.800 bits per heavy atom. The quantitative estimate of drug-likeness (QED) is 0.0916. The monoisotopic (exact) mass is 693 g/mol. The normalized spacial score (nSPS) is 25.3. The SMILES string of the molecule is CCCCN(C)C(=O)CCCCCCCCCC[C@@H]1Cc2cc(C(=O)CCC(=O)O)ccc2C2CC[C@@]3(C)C(CC[C@@H]3C(=O)CCC(=O)O)C21. The number of carboxylic acids is 2. The number of unbranched alkanes of at least 4 members (excludes halogenated alkanes) is 8. The number of hydrogen-bond donors (Lipinski definition) is 2. The summed E-state index contributed by atoms with van der Waals surface area (Å²) in [6.07, 6.45) is 17.8. The van der Waals surface area contributed by atoms with Crippen molar-refractivity contribution in [2.75, 3.05) is 13.6 Å². The Labute approximate surface area is 300 Å². The summed E-state index contributed by atoms with van der Waals surface area (Å²) in [7, 11) is 1.91. The van der Waals surface area contributed by atoms with Gasteiger partial charge in [0, 0.05) is 44.3 Å². The van der Waals surface area contributed by atoms with E-state index in [9.17, 15) is 29.1 Å². The van der Waals surface area contributed by atoms with Crippen LogP contribution in [0.25, 0.3) is 0 Å². The van der Waals surface area contributed by atoms with E-state index in [0.717, 1.165) is 77.2 Å². The molecule has 0 saturated heterocycles. The van der Waals surface area contributed by atoms with Gasteiger partial charge in [-0.15, -0.1) is 0 Å². The first kappa shape index (κ1) is 39.8. The van der Waals surface area contributed by atoms with Crippen LogP contribution in [0.1, 0.15) is 170 Å². The minimum absolute atomic E-state index is 0.00976. The highest BCUT2D eigenvalue weighted by Gasteiger charge is 2.58. The Kier molecular flexibility index (Phi) is 15.1. The molecule has 8 heteroatoms. The number of hydrogen-bond acceptors (Lipinski definition) is 5. The molecule has 4 rings (SSSR count). The summed E-state index contributed by atoms with van der Waals surface area (Å²) in [5.74, 6) is 0.0753. The van der Waals surface area contributed by atoms with Crippen molar-refractivity contribution in [3.8, 4) is 0 Å². The second kappa shape index (κ2) is 19.0. The molecule has 0 heterocycles. The summed E-state index contributed by atoms with van der Waals surface area (Å²) in [6, 6.07) is 6.07. The fourth-order valence-electron chi connectivity index (χ4n) is 10.00. The van der Waals surface area contributed by atoms with Crippen LogP contribution in [-0.4, -0.2) is 58.1 Å². The molecular formula is C42H63NO7. The summed E-state index contributed by atoms with van der Waals surface area (Å²) in [4.78, 5) is 62.7. The maximum Gasteiger partial charge on any atom is 0.303 e. The number of carboxylic acid groups (broad SMARTS) is 2. The minimum atomic E-state index is -0.960.